The highest BCUT2D eigenvalue weighted by molar-refractivity contribution is 7.97. The summed E-state index contributed by atoms with van der Waals surface area (Å²) in [5, 5.41) is 5.12. The quantitative estimate of drug-likeness (QED) is 0.337. The molecule has 0 unspecified atom stereocenters. The van der Waals surface area contributed by atoms with Crippen molar-refractivity contribution >= 4 is 17.9 Å². The third-order valence-corrected chi connectivity index (χ3v) is 1.48. The molecule has 0 aliphatic rings. The monoisotopic (exact) mass is 178 g/mol. The van der Waals surface area contributed by atoms with Crippen LogP contribution in [0.1, 0.15) is 12.8 Å². The van der Waals surface area contributed by atoms with E-state index in [0.717, 1.165) is 18.4 Å². The summed E-state index contributed by atoms with van der Waals surface area (Å²) in [5.74, 6) is 0.415. The Kier molecular flexibility index (Phi) is 7.66. The summed E-state index contributed by atoms with van der Waals surface area (Å²) in [4.78, 5) is 10.7. The van der Waals surface area contributed by atoms with Crippen LogP contribution in [-0.4, -0.2) is 24.9 Å². The summed E-state index contributed by atoms with van der Waals surface area (Å²) in [5.41, 5.74) is 5.20. The molecular weight excluding hydrogens is 164 g/mol. The van der Waals surface area contributed by atoms with Gasteiger partial charge in [0.15, 0.2) is 0 Å². The molecule has 0 fully saturated rings. The zero-order valence-corrected chi connectivity index (χ0v) is 7.23. The molecule has 0 saturated heterocycles. The lowest BCUT2D eigenvalue weighted by atomic mass is 10.4. The van der Waals surface area contributed by atoms with Crippen molar-refractivity contribution in [3.63, 3.8) is 0 Å². The minimum Gasteiger partial charge on any atom is -0.466 e. The van der Waals surface area contributed by atoms with E-state index in [1.807, 2.05) is 0 Å². The highest BCUT2D eigenvalue weighted by Crippen LogP contribution is 1.94. The third kappa shape index (κ3) is 7.64. The van der Waals surface area contributed by atoms with Crippen molar-refractivity contribution in [1.29, 1.82) is 0 Å². The Labute approximate surface area is 70.8 Å². The van der Waals surface area contributed by atoms with E-state index in [9.17, 15) is 4.79 Å². The Morgan fingerprint density at radius 3 is 2.82 bits per heavy atom. The third-order valence-electron chi connectivity index (χ3n) is 1.04. The molecule has 0 amide bonds. The van der Waals surface area contributed by atoms with Crippen molar-refractivity contribution in [3.8, 4) is 0 Å². The molecule has 0 aromatic rings. The van der Waals surface area contributed by atoms with Crippen LogP contribution in [0.2, 0.25) is 0 Å². The lowest BCUT2D eigenvalue weighted by Gasteiger charge is -2.01. The van der Waals surface area contributed by atoms with Gasteiger partial charge in [-0.15, -0.1) is 0 Å². The number of ether oxygens (including phenoxy) is 1. The Balaban J connectivity index is 3.09. The molecule has 0 aromatic carbocycles. The molecule has 5 heteroatoms. The molecule has 4 nitrogen and oxygen atoms in total. The van der Waals surface area contributed by atoms with Gasteiger partial charge in [-0.3, -0.25) is 9.93 Å². The molecule has 0 rings (SSSR count). The van der Waals surface area contributed by atoms with Gasteiger partial charge in [0.05, 0.1) is 13.0 Å². The first-order valence-corrected chi connectivity index (χ1v) is 4.53. The predicted molar refractivity (Wildman–Crippen MR) is 45.9 cm³/mol. The summed E-state index contributed by atoms with van der Waals surface area (Å²) in [7, 11) is 0. The van der Waals surface area contributed by atoms with Gasteiger partial charge in [-0.1, -0.05) is 11.9 Å². The first-order chi connectivity index (χ1) is 5.31. The Hall–Kier alpha value is -0.260. The van der Waals surface area contributed by atoms with E-state index < -0.39 is 0 Å². The van der Waals surface area contributed by atoms with Crippen LogP contribution in [0, 0.1) is 0 Å². The molecular formula is C6H14N2O2S. The van der Waals surface area contributed by atoms with E-state index in [4.69, 9.17) is 15.6 Å². The van der Waals surface area contributed by atoms with Gasteiger partial charge in [0.25, 0.3) is 0 Å². The van der Waals surface area contributed by atoms with E-state index in [0.29, 0.717) is 25.3 Å². The second kappa shape index (κ2) is 7.84. The van der Waals surface area contributed by atoms with Crippen LogP contribution in [-0.2, 0) is 9.53 Å². The van der Waals surface area contributed by atoms with Crippen LogP contribution in [0.4, 0.5) is 0 Å². The fourth-order valence-corrected chi connectivity index (χ4v) is 0.768. The normalized spacial score (nSPS) is 9.64. The fraction of sp³-hybridized carbons (Fsp3) is 0.833. The molecule has 0 atom stereocenters. The van der Waals surface area contributed by atoms with E-state index in [2.05, 4.69) is 0 Å². The van der Waals surface area contributed by atoms with E-state index in [-0.39, 0.29) is 5.97 Å². The van der Waals surface area contributed by atoms with Gasteiger partial charge in [0.2, 0.25) is 0 Å². The van der Waals surface area contributed by atoms with Gasteiger partial charge in [-0.2, -0.15) is 0 Å². The Morgan fingerprint density at radius 1 is 1.55 bits per heavy atom. The molecule has 0 radical (unpaired) electrons. The van der Waals surface area contributed by atoms with Gasteiger partial charge >= 0.3 is 5.97 Å². The van der Waals surface area contributed by atoms with E-state index in [1.165, 1.54) is 0 Å². The van der Waals surface area contributed by atoms with Gasteiger partial charge in [-0.25, -0.2) is 0 Å². The summed E-state index contributed by atoms with van der Waals surface area (Å²) >= 11 is 1.14. The second-order valence-electron chi connectivity index (χ2n) is 1.98. The van der Waals surface area contributed by atoms with Crippen LogP contribution < -0.4 is 10.9 Å². The number of hydrogen-bond donors (Lipinski definition) is 2. The Morgan fingerprint density at radius 2 is 2.27 bits per heavy atom. The predicted octanol–water partition coefficient (Wildman–Crippen LogP) is -0.125. The number of nitrogens with two attached hydrogens (primary N) is 2. The number of carbonyl (C=O) groups excluding carboxylic acids is 1. The highest BCUT2D eigenvalue weighted by atomic mass is 32.2. The molecule has 0 heterocycles. The number of esters is 1. The smallest absolute Gasteiger partial charge is 0.306 e. The van der Waals surface area contributed by atoms with Crippen LogP contribution in [0.25, 0.3) is 0 Å². The summed E-state index contributed by atoms with van der Waals surface area (Å²) in [6.07, 6.45) is 1.10. The molecule has 0 bridgehead atoms. The molecule has 0 aliphatic carbocycles. The molecule has 66 valence electrons. The van der Waals surface area contributed by atoms with E-state index in [1.54, 1.807) is 0 Å². The van der Waals surface area contributed by atoms with Gasteiger partial charge in [0.1, 0.15) is 0 Å². The molecule has 0 aromatic heterocycles. The van der Waals surface area contributed by atoms with Crippen molar-refractivity contribution in [2.24, 2.45) is 10.9 Å². The molecule has 0 spiro atoms. The fourth-order valence-electron chi connectivity index (χ4n) is 0.484. The minimum absolute atomic E-state index is 0.198. The van der Waals surface area contributed by atoms with Crippen molar-refractivity contribution in [3.05, 3.63) is 0 Å². The van der Waals surface area contributed by atoms with Gasteiger partial charge < -0.3 is 10.5 Å². The number of hydrogen-bond acceptors (Lipinski definition) is 5. The molecule has 0 saturated carbocycles. The maximum Gasteiger partial charge on any atom is 0.306 e. The summed E-state index contributed by atoms with van der Waals surface area (Å²) in [6, 6.07) is 0. The van der Waals surface area contributed by atoms with Crippen molar-refractivity contribution in [1.82, 2.24) is 0 Å². The summed E-state index contributed by atoms with van der Waals surface area (Å²) < 4.78 is 4.80. The van der Waals surface area contributed by atoms with Crippen molar-refractivity contribution in [2.45, 2.75) is 12.8 Å². The molecule has 0 aliphatic heterocycles. The van der Waals surface area contributed by atoms with Crippen LogP contribution in [0.15, 0.2) is 0 Å². The lowest BCUT2D eigenvalue weighted by Crippen LogP contribution is -2.10. The van der Waals surface area contributed by atoms with Crippen molar-refractivity contribution in [2.75, 3.05) is 18.9 Å². The standard InChI is InChI=1S/C6H14N2O2S/c7-3-1-4-10-6(9)2-5-11-8/h1-5,7-8H2. The van der Waals surface area contributed by atoms with Crippen molar-refractivity contribution < 1.29 is 9.53 Å². The average Bonchev–Trinajstić information content (AvgIpc) is 2.01. The summed E-state index contributed by atoms with van der Waals surface area (Å²) in [6.45, 7) is 0.976. The van der Waals surface area contributed by atoms with Crippen LogP contribution >= 0.6 is 11.9 Å². The van der Waals surface area contributed by atoms with Crippen LogP contribution in [0.5, 0.6) is 0 Å². The zero-order valence-electron chi connectivity index (χ0n) is 6.41. The topological polar surface area (TPSA) is 78.3 Å². The Bertz CT molecular complexity index is 111. The SMILES string of the molecule is NCCCOC(=O)CCSN. The largest absolute Gasteiger partial charge is 0.466 e. The lowest BCUT2D eigenvalue weighted by molar-refractivity contribution is -0.143. The average molecular weight is 178 g/mol. The van der Waals surface area contributed by atoms with Gasteiger partial charge in [-0.05, 0) is 13.0 Å². The maximum atomic E-state index is 10.7. The molecule has 4 N–H and O–H groups in total. The second-order valence-corrected chi connectivity index (χ2v) is 2.73. The minimum atomic E-state index is -0.198. The van der Waals surface area contributed by atoms with Gasteiger partial charge in [0, 0.05) is 5.75 Å². The van der Waals surface area contributed by atoms with E-state index >= 15 is 0 Å². The zero-order chi connectivity index (χ0) is 8.53. The number of carbonyl (C=O) groups is 1. The first-order valence-electron chi connectivity index (χ1n) is 3.48. The highest BCUT2D eigenvalue weighted by Gasteiger charge is 2.00. The number of rotatable bonds is 6. The molecule has 11 heavy (non-hydrogen) atoms. The maximum absolute atomic E-state index is 10.7. The van der Waals surface area contributed by atoms with Crippen LogP contribution in [0.3, 0.4) is 0 Å². The first kappa shape index (κ1) is 10.7.